The topological polar surface area (TPSA) is 61.2 Å². The Morgan fingerprint density at radius 1 is 1.15 bits per heavy atom. The molecule has 0 N–H and O–H groups in total. The number of aryl methyl sites for hydroxylation is 1. The number of aromatic nitrogens is 2. The molecular weight excluding hydrogens is 360 g/mol. The molecule has 1 heterocycles. The van der Waals surface area contributed by atoms with Crippen molar-refractivity contribution in [3.8, 4) is 0 Å². The molecule has 27 heavy (non-hydrogen) atoms. The summed E-state index contributed by atoms with van der Waals surface area (Å²) in [5, 5.41) is 0.695. The highest BCUT2D eigenvalue weighted by Crippen LogP contribution is 2.23. The summed E-state index contributed by atoms with van der Waals surface area (Å²) in [6.07, 6.45) is 1.68. The zero-order chi connectivity index (χ0) is 19.2. The van der Waals surface area contributed by atoms with E-state index in [0.717, 1.165) is 12.8 Å². The van der Waals surface area contributed by atoms with Crippen LogP contribution in [0.5, 0.6) is 0 Å². The normalized spacial score (nSPS) is 12.1. The summed E-state index contributed by atoms with van der Waals surface area (Å²) in [7, 11) is 1.36. The first-order valence-electron chi connectivity index (χ1n) is 8.88. The monoisotopic (exact) mass is 382 g/mol. The molecule has 0 aliphatic rings. The Morgan fingerprint density at radius 3 is 2.59 bits per heavy atom. The van der Waals surface area contributed by atoms with Gasteiger partial charge in [-0.2, -0.15) is 0 Å². The fraction of sp³-hybridized carbons (Fsp3) is 0.286. The summed E-state index contributed by atoms with van der Waals surface area (Å²) in [6.45, 7) is 2.30. The first kappa shape index (κ1) is 19.2. The van der Waals surface area contributed by atoms with Gasteiger partial charge in [-0.25, -0.2) is 4.98 Å². The van der Waals surface area contributed by atoms with Crippen LogP contribution in [0.2, 0.25) is 0 Å². The van der Waals surface area contributed by atoms with Gasteiger partial charge in [-0.15, -0.1) is 0 Å². The van der Waals surface area contributed by atoms with Crippen molar-refractivity contribution in [1.29, 1.82) is 0 Å². The van der Waals surface area contributed by atoms with Crippen LogP contribution in [0.1, 0.15) is 18.9 Å². The Morgan fingerprint density at radius 2 is 1.85 bits per heavy atom. The molecule has 1 atom stereocenters. The lowest BCUT2D eigenvalue weighted by atomic mass is 10.1. The fourth-order valence-corrected chi connectivity index (χ4v) is 3.85. The Balaban J connectivity index is 1.90. The van der Waals surface area contributed by atoms with Crippen molar-refractivity contribution in [3.63, 3.8) is 0 Å². The number of thioether (sulfide) groups is 1. The van der Waals surface area contributed by atoms with Gasteiger partial charge >= 0.3 is 5.97 Å². The smallest absolute Gasteiger partial charge is 0.318 e. The maximum atomic E-state index is 13.0. The lowest BCUT2D eigenvalue weighted by Gasteiger charge is -2.15. The van der Waals surface area contributed by atoms with Gasteiger partial charge in [-0.3, -0.25) is 14.2 Å². The third-order valence-electron chi connectivity index (χ3n) is 4.33. The minimum absolute atomic E-state index is 0.0757. The summed E-state index contributed by atoms with van der Waals surface area (Å²) < 4.78 is 6.48. The molecule has 3 rings (SSSR count). The summed E-state index contributed by atoms with van der Waals surface area (Å²) in [6, 6.07) is 17.5. The van der Waals surface area contributed by atoms with E-state index in [4.69, 9.17) is 4.74 Å². The fourth-order valence-electron chi connectivity index (χ4n) is 2.89. The number of fused-ring (bicyclic) bond motifs is 1. The lowest BCUT2D eigenvalue weighted by Crippen LogP contribution is -2.25. The van der Waals surface area contributed by atoms with Crippen LogP contribution in [-0.4, -0.2) is 27.9 Å². The van der Waals surface area contributed by atoms with Gasteiger partial charge in [0.15, 0.2) is 5.16 Å². The molecule has 0 aliphatic heterocycles. The van der Waals surface area contributed by atoms with Crippen molar-refractivity contribution < 1.29 is 9.53 Å². The van der Waals surface area contributed by atoms with Crippen LogP contribution in [0.3, 0.4) is 0 Å². The lowest BCUT2D eigenvalue weighted by molar-refractivity contribution is -0.139. The van der Waals surface area contributed by atoms with E-state index in [-0.39, 0.29) is 11.5 Å². The highest BCUT2D eigenvalue weighted by atomic mass is 32.2. The number of methoxy groups -OCH3 is 1. The van der Waals surface area contributed by atoms with Crippen LogP contribution in [0, 0.1) is 0 Å². The number of hydrogen-bond acceptors (Lipinski definition) is 5. The summed E-state index contributed by atoms with van der Waals surface area (Å²) >= 11 is 1.26. The standard InChI is InChI=1S/C21H22N2O3S/c1-15(20(25)26-2)27-21-22-18-13-7-6-12-17(18)19(24)23(21)14-8-11-16-9-4-3-5-10-16/h3-7,9-10,12-13,15H,8,11,14H2,1-2H3. The zero-order valence-corrected chi connectivity index (χ0v) is 16.2. The first-order valence-corrected chi connectivity index (χ1v) is 9.76. The second kappa shape index (κ2) is 8.86. The molecule has 0 radical (unpaired) electrons. The minimum atomic E-state index is -0.441. The molecule has 2 aromatic carbocycles. The number of rotatable bonds is 7. The van der Waals surface area contributed by atoms with Crippen LogP contribution in [0.4, 0.5) is 0 Å². The zero-order valence-electron chi connectivity index (χ0n) is 15.4. The molecule has 6 heteroatoms. The minimum Gasteiger partial charge on any atom is -0.468 e. The molecular formula is C21H22N2O3S. The molecule has 0 saturated carbocycles. The average molecular weight is 382 g/mol. The third kappa shape index (κ3) is 4.57. The summed E-state index contributed by atoms with van der Waals surface area (Å²) in [4.78, 5) is 29.5. The molecule has 3 aromatic rings. The van der Waals surface area contributed by atoms with Gasteiger partial charge in [0.25, 0.3) is 5.56 Å². The molecule has 1 unspecified atom stereocenters. The number of carbonyl (C=O) groups is 1. The highest BCUT2D eigenvalue weighted by Gasteiger charge is 2.19. The number of esters is 1. The van der Waals surface area contributed by atoms with Crippen LogP contribution in [0.15, 0.2) is 64.5 Å². The quantitative estimate of drug-likeness (QED) is 0.354. The molecule has 0 fully saturated rings. The largest absolute Gasteiger partial charge is 0.468 e. The molecule has 0 spiro atoms. The van der Waals surface area contributed by atoms with Crippen molar-refractivity contribution in [2.24, 2.45) is 0 Å². The van der Waals surface area contributed by atoms with Gasteiger partial charge in [0, 0.05) is 6.54 Å². The van der Waals surface area contributed by atoms with Gasteiger partial charge in [-0.1, -0.05) is 54.2 Å². The highest BCUT2D eigenvalue weighted by molar-refractivity contribution is 8.00. The average Bonchev–Trinajstić information content (AvgIpc) is 2.70. The van der Waals surface area contributed by atoms with Crippen molar-refractivity contribution in [3.05, 3.63) is 70.5 Å². The molecule has 5 nitrogen and oxygen atoms in total. The van der Waals surface area contributed by atoms with Crippen molar-refractivity contribution in [2.45, 2.75) is 36.7 Å². The van der Waals surface area contributed by atoms with E-state index in [1.807, 2.05) is 36.4 Å². The number of nitrogens with zero attached hydrogens (tertiary/aromatic N) is 2. The Bertz CT molecular complexity index is 986. The van der Waals surface area contributed by atoms with Crippen LogP contribution in [0.25, 0.3) is 10.9 Å². The summed E-state index contributed by atoms with van der Waals surface area (Å²) in [5.74, 6) is -0.335. The predicted octanol–water partition coefficient (Wildman–Crippen LogP) is 3.68. The summed E-state index contributed by atoms with van der Waals surface area (Å²) in [5.41, 5.74) is 1.80. The van der Waals surface area contributed by atoms with Gasteiger partial charge in [0.1, 0.15) is 5.25 Å². The van der Waals surface area contributed by atoms with E-state index in [0.29, 0.717) is 22.6 Å². The van der Waals surface area contributed by atoms with Gasteiger partial charge < -0.3 is 4.74 Å². The van der Waals surface area contributed by atoms with E-state index >= 15 is 0 Å². The maximum Gasteiger partial charge on any atom is 0.318 e. The van der Waals surface area contributed by atoms with Crippen LogP contribution >= 0.6 is 11.8 Å². The van der Waals surface area contributed by atoms with Gasteiger partial charge in [-0.05, 0) is 37.5 Å². The van der Waals surface area contributed by atoms with Crippen molar-refractivity contribution >= 4 is 28.6 Å². The van der Waals surface area contributed by atoms with E-state index in [9.17, 15) is 9.59 Å². The first-order chi connectivity index (χ1) is 13.1. The molecule has 1 aromatic heterocycles. The number of benzene rings is 2. The SMILES string of the molecule is COC(=O)C(C)Sc1nc2ccccc2c(=O)n1CCCc1ccccc1. The third-order valence-corrected chi connectivity index (χ3v) is 5.40. The van der Waals surface area contributed by atoms with Crippen molar-refractivity contribution in [1.82, 2.24) is 9.55 Å². The molecule has 0 bridgehead atoms. The Hall–Kier alpha value is -2.60. The van der Waals surface area contributed by atoms with Crippen LogP contribution < -0.4 is 5.56 Å². The van der Waals surface area contributed by atoms with Gasteiger partial charge in [0.2, 0.25) is 0 Å². The number of ether oxygens (including phenoxy) is 1. The predicted molar refractivity (Wildman–Crippen MR) is 108 cm³/mol. The van der Waals surface area contributed by atoms with Crippen molar-refractivity contribution in [2.75, 3.05) is 7.11 Å². The molecule has 0 saturated heterocycles. The second-order valence-electron chi connectivity index (χ2n) is 6.24. The van der Waals surface area contributed by atoms with E-state index in [1.165, 1.54) is 24.4 Å². The number of hydrogen-bond donors (Lipinski definition) is 0. The molecule has 0 amide bonds. The van der Waals surface area contributed by atoms with Crippen LogP contribution in [-0.2, 0) is 22.5 Å². The van der Waals surface area contributed by atoms with Gasteiger partial charge in [0.05, 0.1) is 18.0 Å². The van der Waals surface area contributed by atoms with E-state index in [2.05, 4.69) is 17.1 Å². The Labute approximate surface area is 162 Å². The van der Waals surface area contributed by atoms with E-state index < -0.39 is 5.25 Å². The number of para-hydroxylation sites is 1. The van der Waals surface area contributed by atoms with E-state index in [1.54, 1.807) is 17.6 Å². The molecule has 0 aliphatic carbocycles. The molecule has 140 valence electrons. The second-order valence-corrected chi connectivity index (χ2v) is 7.55. The number of carbonyl (C=O) groups excluding carboxylic acids is 1. The maximum absolute atomic E-state index is 13.0. The Kier molecular flexibility index (Phi) is 6.29.